The molecule has 0 saturated carbocycles. The lowest BCUT2D eigenvalue weighted by Gasteiger charge is -2.12. The molecule has 1 heterocycles. The van der Waals surface area contributed by atoms with Crippen LogP contribution in [0.5, 0.6) is 28.7 Å². The third-order valence-corrected chi connectivity index (χ3v) is 5.62. The molecule has 0 amide bonds. The van der Waals surface area contributed by atoms with Gasteiger partial charge in [0, 0.05) is 17.7 Å². The van der Waals surface area contributed by atoms with Crippen molar-refractivity contribution in [2.45, 2.75) is 20.5 Å². The summed E-state index contributed by atoms with van der Waals surface area (Å²) >= 11 is 0. The van der Waals surface area contributed by atoms with Crippen LogP contribution < -0.4 is 23.7 Å². The van der Waals surface area contributed by atoms with E-state index in [1.54, 1.807) is 45.6 Å². The Labute approximate surface area is 193 Å². The quantitative estimate of drug-likeness (QED) is 0.445. The van der Waals surface area contributed by atoms with Crippen LogP contribution in [0.3, 0.4) is 0 Å². The topological polar surface area (TPSA) is 63.2 Å². The SMILES string of the molecule is COc1cc(OC)c(OC)cc1/C=C1\Oc2cc(OCc3ccccc3C)cc(C)c2C1=O. The summed E-state index contributed by atoms with van der Waals surface area (Å²) in [4.78, 5) is 13.1. The van der Waals surface area contributed by atoms with Crippen LogP contribution in [0.4, 0.5) is 0 Å². The minimum atomic E-state index is -0.190. The molecule has 0 radical (unpaired) electrons. The molecule has 0 bridgehead atoms. The molecule has 3 aromatic carbocycles. The van der Waals surface area contributed by atoms with E-state index in [0.29, 0.717) is 46.5 Å². The first kappa shape index (κ1) is 22.3. The highest BCUT2D eigenvalue weighted by molar-refractivity contribution is 6.15. The van der Waals surface area contributed by atoms with E-state index in [4.69, 9.17) is 23.7 Å². The third kappa shape index (κ3) is 4.37. The molecule has 0 spiro atoms. The minimum Gasteiger partial charge on any atom is -0.496 e. The van der Waals surface area contributed by atoms with Gasteiger partial charge in [-0.1, -0.05) is 24.3 Å². The molecule has 0 unspecified atom stereocenters. The Morgan fingerprint density at radius 2 is 1.55 bits per heavy atom. The molecule has 170 valence electrons. The summed E-state index contributed by atoms with van der Waals surface area (Å²) in [5.74, 6) is 2.73. The number of allylic oxidation sites excluding steroid dienone is 1. The Kier molecular flexibility index (Phi) is 6.27. The number of hydrogen-bond donors (Lipinski definition) is 0. The van der Waals surface area contributed by atoms with Gasteiger partial charge in [-0.3, -0.25) is 4.79 Å². The van der Waals surface area contributed by atoms with E-state index in [2.05, 4.69) is 0 Å². The molecule has 4 rings (SSSR count). The lowest BCUT2D eigenvalue weighted by atomic mass is 10.0. The molecule has 1 aliphatic rings. The lowest BCUT2D eigenvalue weighted by Crippen LogP contribution is -2.01. The maximum absolute atomic E-state index is 13.1. The van der Waals surface area contributed by atoms with Crippen molar-refractivity contribution in [1.29, 1.82) is 0 Å². The number of aryl methyl sites for hydroxylation is 2. The van der Waals surface area contributed by atoms with Gasteiger partial charge in [-0.05, 0) is 48.7 Å². The van der Waals surface area contributed by atoms with Crippen LogP contribution in [0.2, 0.25) is 0 Å². The van der Waals surface area contributed by atoms with Gasteiger partial charge in [0.05, 0.1) is 26.9 Å². The zero-order valence-electron chi connectivity index (χ0n) is 19.4. The molecular weight excluding hydrogens is 420 g/mol. The second-order valence-corrected chi connectivity index (χ2v) is 7.72. The van der Waals surface area contributed by atoms with Gasteiger partial charge in [0.1, 0.15) is 23.9 Å². The van der Waals surface area contributed by atoms with Gasteiger partial charge < -0.3 is 23.7 Å². The van der Waals surface area contributed by atoms with Crippen molar-refractivity contribution in [3.05, 3.63) is 82.1 Å². The van der Waals surface area contributed by atoms with Gasteiger partial charge in [-0.2, -0.15) is 0 Å². The standard InChI is InChI=1S/C27H26O6/c1-16-8-6-7-9-18(16)15-32-20-10-17(2)26-24(13-20)33-25(27(26)28)12-19-11-22(30-4)23(31-5)14-21(19)29-3/h6-14H,15H2,1-5H3/b25-12-. The molecule has 0 saturated heterocycles. The maximum atomic E-state index is 13.1. The lowest BCUT2D eigenvalue weighted by molar-refractivity contribution is 0.101. The maximum Gasteiger partial charge on any atom is 0.232 e. The summed E-state index contributed by atoms with van der Waals surface area (Å²) in [5.41, 5.74) is 4.23. The molecule has 6 nitrogen and oxygen atoms in total. The van der Waals surface area contributed by atoms with E-state index >= 15 is 0 Å². The van der Waals surface area contributed by atoms with Gasteiger partial charge in [0.25, 0.3) is 0 Å². The smallest absolute Gasteiger partial charge is 0.232 e. The summed E-state index contributed by atoms with van der Waals surface area (Å²) in [6.45, 7) is 4.36. The average Bonchev–Trinajstić information content (AvgIpc) is 3.13. The summed E-state index contributed by atoms with van der Waals surface area (Å²) in [7, 11) is 4.66. The van der Waals surface area contributed by atoms with E-state index < -0.39 is 0 Å². The highest BCUT2D eigenvalue weighted by Crippen LogP contribution is 2.40. The second kappa shape index (κ2) is 9.28. The van der Waals surface area contributed by atoms with E-state index in [-0.39, 0.29) is 11.5 Å². The zero-order valence-corrected chi connectivity index (χ0v) is 19.4. The number of ether oxygens (including phenoxy) is 5. The number of ketones is 1. The second-order valence-electron chi connectivity index (χ2n) is 7.72. The van der Waals surface area contributed by atoms with Crippen molar-refractivity contribution in [2.24, 2.45) is 0 Å². The van der Waals surface area contributed by atoms with Crippen LogP contribution in [0.15, 0.2) is 54.3 Å². The summed E-state index contributed by atoms with van der Waals surface area (Å²) in [6.07, 6.45) is 1.65. The fourth-order valence-electron chi connectivity index (χ4n) is 3.80. The summed E-state index contributed by atoms with van der Waals surface area (Å²) < 4.78 is 28.1. The highest BCUT2D eigenvalue weighted by Gasteiger charge is 2.30. The van der Waals surface area contributed by atoms with Crippen molar-refractivity contribution in [3.8, 4) is 28.7 Å². The van der Waals surface area contributed by atoms with E-state index in [9.17, 15) is 4.79 Å². The van der Waals surface area contributed by atoms with Gasteiger partial charge >= 0.3 is 0 Å². The molecule has 0 fully saturated rings. The monoisotopic (exact) mass is 446 g/mol. The summed E-state index contributed by atoms with van der Waals surface area (Å²) in [5, 5.41) is 0. The van der Waals surface area contributed by atoms with E-state index in [0.717, 1.165) is 16.7 Å². The van der Waals surface area contributed by atoms with Crippen LogP contribution >= 0.6 is 0 Å². The molecule has 0 atom stereocenters. The number of methoxy groups -OCH3 is 3. The average molecular weight is 446 g/mol. The zero-order chi connectivity index (χ0) is 23.5. The van der Waals surface area contributed by atoms with Crippen LogP contribution in [0.1, 0.15) is 32.6 Å². The van der Waals surface area contributed by atoms with Gasteiger partial charge in [0.15, 0.2) is 17.3 Å². The fraction of sp³-hybridized carbons (Fsp3) is 0.222. The van der Waals surface area contributed by atoms with Crippen LogP contribution in [-0.4, -0.2) is 27.1 Å². The van der Waals surface area contributed by atoms with Gasteiger partial charge in [-0.25, -0.2) is 0 Å². The molecular formula is C27H26O6. The Morgan fingerprint density at radius 1 is 0.848 bits per heavy atom. The minimum absolute atomic E-state index is 0.190. The normalized spacial score (nSPS) is 13.5. The highest BCUT2D eigenvalue weighted by atomic mass is 16.5. The number of benzene rings is 3. The molecule has 0 aliphatic carbocycles. The predicted molar refractivity (Wildman–Crippen MR) is 126 cm³/mol. The number of hydrogen-bond acceptors (Lipinski definition) is 6. The van der Waals surface area contributed by atoms with Crippen molar-refractivity contribution in [3.63, 3.8) is 0 Å². The van der Waals surface area contributed by atoms with Gasteiger partial charge in [0.2, 0.25) is 5.78 Å². The van der Waals surface area contributed by atoms with Crippen LogP contribution in [0, 0.1) is 13.8 Å². The number of carbonyl (C=O) groups excluding carboxylic acids is 1. The van der Waals surface area contributed by atoms with E-state index in [1.807, 2.05) is 44.2 Å². The van der Waals surface area contributed by atoms with Crippen LogP contribution in [-0.2, 0) is 6.61 Å². The first-order valence-corrected chi connectivity index (χ1v) is 10.5. The largest absolute Gasteiger partial charge is 0.496 e. The molecule has 6 heteroatoms. The number of fused-ring (bicyclic) bond motifs is 1. The number of rotatable bonds is 7. The first-order valence-electron chi connectivity index (χ1n) is 10.5. The molecule has 0 aromatic heterocycles. The Balaban J connectivity index is 1.63. The van der Waals surface area contributed by atoms with Crippen molar-refractivity contribution in [2.75, 3.05) is 21.3 Å². The molecule has 0 N–H and O–H groups in total. The Hall–Kier alpha value is -3.93. The molecule has 3 aromatic rings. The fourth-order valence-corrected chi connectivity index (χ4v) is 3.80. The predicted octanol–water partition coefficient (Wildman–Crippen LogP) is 5.52. The molecule has 33 heavy (non-hydrogen) atoms. The van der Waals surface area contributed by atoms with Crippen molar-refractivity contribution < 1.29 is 28.5 Å². The third-order valence-electron chi connectivity index (χ3n) is 5.62. The Morgan fingerprint density at radius 3 is 2.24 bits per heavy atom. The van der Waals surface area contributed by atoms with Gasteiger partial charge in [-0.15, -0.1) is 0 Å². The van der Waals surface area contributed by atoms with E-state index in [1.165, 1.54) is 0 Å². The number of Topliss-reactive ketones (excluding diaryl/α,β-unsaturated/α-hetero) is 1. The Bertz CT molecular complexity index is 1240. The van der Waals surface area contributed by atoms with Crippen LogP contribution in [0.25, 0.3) is 6.08 Å². The number of carbonyl (C=O) groups is 1. The molecule has 1 aliphatic heterocycles. The first-order chi connectivity index (χ1) is 15.9. The summed E-state index contributed by atoms with van der Waals surface area (Å²) in [6, 6.07) is 15.1. The van der Waals surface area contributed by atoms with Crippen molar-refractivity contribution in [1.82, 2.24) is 0 Å². The van der Waals surface area contributed by atoms with Crippen molar-refractivity contribution >= 4 is 11.9 Å².